The van der Waals surface area contributed by atoms with Gasteiger partial charge in [0, 0.05) is 56.4 Å². The van der Waals surface area contributed by atoms with Gasteiger partial charge in [0.15, 0.2) is 0 Å². The van der Waals surface area contributed by atoms with Crippen molar-refractivity contribution in [3.8, 4) is 0 Å². The van der Waals surface area contributed by atoms with E-state index in [4.69, 9.17) is 0 Å². The summed E-state index contributed by atoms with van der Waals surface area (Å²) in [5.41, 5.74) is 0.0632. The van der Waals surface area contributed by atoms with Crippen molar-refractivity contribution in [1.29, 1.82) is 0 Å². The smallest absolute Gasteiger partial charge is 0.341 e. The van der Waals surface area contributed by atoms with Gasteiger partial charge in [0.05, 0.1) is 16.1 Å². The van der Waals surface area contributed by atoms with E-state index in [2.05, 4.69) is 5.32 Å². The van der Waals surface area contributed by atoms with Gasteiger partial charge in [-0.05, 0) is 49.2 Å². The molecule has 194 valence electrons. The van der Waals surface area contributed by atoms with Crippen LogP contribution in [0.5, 0.6) is 0 Å². The molecule has 3 aromatic rings. The van der Waals surface area contributed by atoms with Crippen molar-refractivity contribution in [1.82, 2.24) is 8.87 Å². The molecular formula is C25H25FN4O6S. The van der Waals surface area contributed by atoms with E-state index in [-0.39, 0.29) is 54.1 Å². The Hall–Kier alpha value is -3.77. The highest BCUT2D eigenvalue weighted by Gasteiger charge is 2.31. The average Bonchev–Trinajstić information content (AvgIpc) is 3.69. The molecule has 1 aliphatic heterocycles. The molecule has 10 nitrogen and oxygen atoms in total. The number of anilines is 2. The Morgan fingerprint density at radius 3 is 2.27 bits per heavy atom. The number of rotatable bonds is 6. The van der Waals surface area contributed by atoms with Crippen molar-refractivity contribution in [2.24, 2.45) is 0 Å². The largest absolute Gasteiger partial charge is 0.477 e. The summed E-state index contributed by atoms with van der Waals surface area (Å²) in [6.07, 6.45) is 3.01. The number of sulfonamides is 1. The number of aromatic nitrogens is 1. The lowest BCUT2D eigenvalue weighted by molar-refractivity contribution is -0.114. The number of pyridine rings is 1. The predicted molar refractivity (Wildman–Crippen MR) is 135 cm³/mol. The van der Waals surface area contributed by atoms with Crippen LogP contribution < -0.4 is 15.6 Å². The van der Waals surface area contributed by atoms with Gasteiger partial charge in [0.1, 0.15) is 11.4 Å². The highest BCUT2D eigenvalue weighted by atomic mass is 32.2. The molecule has 1 aromatic heterocycles. The van der Waals surface area contributed by atoms with Gasteiger partial charge < -0.3 is 19.9 Å². The summed E-state index contributed by atoms with van der Waals surface area (Å²) in [7, 11) is -3.79. The van der Waals surface area contributed by atoms with Crippen molar-refractivity contribution in [2.75, 3.05) is 36.4 Å². The van der Waals surface area contributed by atoms with Gasteiger partial charge >= 0.3 is 5.97 Å². The van der Waals surface area contributed by atoms with Crippen LogP contribution in [-0.2, 0) is 14.8 Å². The van der Waals surface area contributed by atoms with Gasteiger partial charge in [-0.2, -0.15) is 4.31 Å². The van der Waals surface area contributed by atoms with Crippen LogP contribution in [0.15, 0.2) is 52.3 Å². The molecule has 0 radical (unpaired) electrons. The summed E-state index contributed by atoms with van der Waals surface area (Å²) in [4.78, 5) is 37.3. The molecule has 2 heterocycles. The SMILES string of the molecule is CC(=O)Nc1ccc(S(=O)(=O)N2CCN(c3cc4c(cc3F)c(=O)c(C(=O)O)cn4C3CC3)CC2)cc1. The number of fused-ring (bicyclic) bond motifs is 1. The summed E-state index contributed by atoms with van der Waals surface area (Å²) in [5, 5.41) is 12.0. The molecule has 5 rings (SSSR count). The van der Waals surface area contributed by atoms with E-state index < -0.39 is 32.8 Å². The molecule has 1 amide bonds. The maximum absolute atomic E-state index is 15.2. The minimum atomic E-state index is -3.79. The molecule has 12 heteroatoms. The lowest BCUT2D eigenvalue weighted by Crippen LogP contribution is -2.48. The Balaban J connectivity index is 1.39. The molecule has 2 aliphatic rings. The number of hydrogen-bond acceptors (Lipinski definition) is 6. The Morgan fingerprint density at radius 2 is 1.70 bits per heavy atom. The topological polar surface area (TPSA) is 129 Å². The molecule has 0 spiro atoms. The molecule has 0 atom stereocenters. The number of carboxylic acid groups (broad SMARTS) is 1. The summed E-state index contributed by atoms with van der Waals surface area (Å²) >= 11 is 0. The zero-order valence-electron chi connectivity index (χ0n) is 20.0. The summed E-state index contributed by atoms with van der Waals surface area (Å²) in [6.45, 7) is 2.07. The Kier molecular flexibility index (Phi) is 6.24. The van der Waals surface area contributed by atoms with Crippen LogP contribution in [0.25, 0.3) is 10.9 Å². The molecule has 2 N–H and O–H groups in total. The molecule has 2 aromatic carbocycles. The quantitative estimate of drug-likeness (QED) is 0.503. The summed E-state index contributed by atoms with van der Waals surface area (Å²) < 4.78 is 44.5. The van der Waals surface area contributed by atoms with E-state index in [1.54, 1.807) is 15.5 Å². The van der Waals surface area contributed by atoms with Crippen molar-refractivity contribution < 1.29 is 27.5 Å². The van der Waals surface area contributed by atoms with Crippen LogP contribution in [0, 0.1) is 5.82 Å². The number of hydrogen-bond donors (Lipinski definition) is 2. The van der Waals surface area contributed by atoms with Crippen molar-refractivity contribution in [3.05, 3.63) is 64.2 Å². The first-order valence-corrected chi connectivity index (χ1v) is 13.2. The molecule has 1 saturated heterocycles. The Morgan fingerprint density at radius 1 is 1.05 bits per heavy atom. The van der Waals surface area contributed by atoms with Gasteiger partial charge in [-0.3, -0.25) is 9.59 Å². The lowest BCUT2D eigenvalue weighted by atomic mass is 10.1. The van der Waals surface area contributed by atoms with E-state index in [0.717, 1.165) is 18.9 Å². The summed E-state index contributed by atoms with van der Waals surface area (Å²) in [5.74, 6) is -2.28. The van der Waals surface area contributed by atoms with Crippen molar-refractivity contribution >= 4 is 44.2 Å². The van der Waals surface area contributed by atoms with Crippen LogP contribution in [-0.4, -0.2) is 60.5 Å². The highest BCUT2D eigenvalue weighted by Crippen LogP contribution is 2.38. The number of benzene rings is 2. The number of halogens is 1. The molecular weight excluding hydrogens is 503 g/mol. The molecule has 1 saturated carbocycles. The fourth-order valence-electron chi connectivity index (χ4n) is 4.64. The highest BCUT2D eigenvalue weighted by molar-refractivity contribution is 7.89. The predicted octanol–water partition coefficient (Wildman–Crippen LogP) is 2.64. The van der Waals surface area contributed by atoms with Gasteiger partial charge in [-0.1, -0.05) is 0 Å². The molecule has 0 bridgehead atoms. The maximum atomic E-state index is 15.2. The maximum Gasteiger partial charge on any atom is 0.341 e. The molecule has 2 fully saturated rings. The second-order valence-electron chi connectivity index (χ2n) is 9.23. The zero-order valence-corrected chi connectivity index (χ0v) is 20.8. The van der Waals surface area contributed by atoms with Gasteiger partial charge in [-0.25, -0.2) is 17.6 Å². The normalized spacial score (nSPS) is 16.6. The average molecular weight is 529 g/mol. The van der Waals surface area contributed by atoms with Crippen molar-refractivity contribution in [2.45, 2.75) is 30.7 Å². The number of aromatic carboxylic acids is 1. The first-order chi connectivity index (χ1) is 17.6. The Labute approximate surface area is 212 Å². The van der Waals surface area contributed by atoms with Gasteiger partial charge in [0.25, 0.3) is 0 Å². The molecule has 0 unspecified atom stereocenters. The van der Waals surface area contributed by atoms with Gasteiger partial charge in [0.2, 0.25) is 21.4 Å². The second kappa shape index (κ2) is 9.27. The standard InChI is InChI=1S/C25H25FN4O6S/c1-15(31)27-16-2-6-18(7-3-16)37(35,36)29-10-8-28(9-11-29)23-13-22-19(12-21(23)26)24(32)20(25(33)34)14-30(22)17-4-5-17/h2-3,6-7,12-14,17H,4-5,8-11H2,1H3,(H,27,31)(H,33,34). The van der Waals surface area contributed by atoms with E-state index >= 15 is 4.39 Å². The third kappa shape index (κ3) is 4.69. The third-order valence-corrected chi connectivity index (χ3v) is 8.58. The molecule has 1 aliphatic carbocycles. The van der Waals surface area contributed by atoms with Crippen LogP contribution in [0.4, 0.5) is 15.8 Å². The van der Waals surface area contributed by atoms with E-state index in [9.17, 15) is 27.9 Å². The number of carboxylic acids is 1. The minimum Gasteiger partial charge on any atom is -0.477 e. The lowest BCUT2D eigenvalue weighted by Gasteiger charge is -2.35. The number of nitrogens with zero attached hydrogens (tertiary/aromatic N) is 3. The van der Waals surface area contributed by atoms with E-state index in [1.807, 2.05) is 0 Å². The Bertz CT molecular complexity index is 1570. The monoisotopic (exact) mass is 528 g/mol. The molecule has 37 heavy (non-hydrogen) atoms. The van der Waals surface area contributed by atoms with E-state index in [1.165, 1.54) is 41.7 Å². The minimum absolute atomic E-state index is 0.0111. The van der Waals surface area contributed by atoms with Crippen molar-refractivity contribution in [3.63, 3.8) is 0 Å². The van der Waals surface area contributed by atoms with Crippen LogP contribution in [0.1, 0.15) is 36.2 Å². The first kappa shape index (κ1) is 24.9. The van der Waals surface area contributed by atoms with Crippen LogP contribution in [0.2, 0.25) is 0 Å². The third-order valence-electron chi connectivity index (χ3n) is 6.66. The number of piperazine rings is 1. The first-order valence-electron chi connectivity index (χ1n) is 11.8. The second-order valence-corrected chi connectivity index (χ2v) is 11.2. The van der Waals surface area contributed by atoms with E-state index in [0.29, 0.717) is 11.2 Å². The van der Waals surface area contributed by atoms with Gasteiger partial charge in [-0.15, -0.1) is 0 Å². The number of carbonyl (C=O) groups excluding carboxylic acids is 1. The van der Waals surface area contributed by atoms with Crippen LogP contribution in [0.3, 0.4) is 0 Å². The van der Waals surface area contributed by atoms with Crippen LogP contribution >= 0.6 is 0 Å². The number of nitrogens with one attached hydrogen (secondary N) is 1. The fraction of sp³-hybridized carbons (Fsp3) is 0.320. The fourth-order valence-corrected chi connectivity index (χ4v) is 6.06. The number of amides is 1. The number of carbonyl (C=O) groups is 2. The zero-order chi connectivity index (χ0) is 26.5. The summed E-state index contributed by atoms with van der Waals surface area (Å²) in [6, 6.07) is 8.59.